The van der Waals surface area contributed by atoms with Gasteiger partial charge in [0.05, 0.1) is 13.2 Å². The smallest absolute Gasteiger partial charge is 0.289 e. The first-order valence-electron chi connectivity index (χ1n) is 10.9. The highest BCUT2D eigenvalue weighted by atomic mass is 19.1. The highest BCUT2D eigenvalue weighted by molar-refractivity contribution is 5.98. The van der Waals surface area contributed by atoms with E-state index >= 15 is 0 Å². The molecule has 1 saturated carbocycles. The molecule has 4 rings (SSSR count). The molecule has 0 radical (unpaired) electrons. The average Bonchev–Trinajstić information content (AvgIpc) is 2.82. The maximum atomic E-state index is 13.2. The standard InChI is InChI=1S/C25H27FN2O4/c1-31-20-12-8-18(9-13-20)15-27-24(29)16-28-21-4-2-3-5-22(21)32-23(25(28)30)14-17-6-10-19(26)11-7-17/h6-14,21-22H,2-5,15-16H2,1H3,(H,27,29)/b23-14+. The van der Waals surface area contributed by atoms with Crippen LogP contribution in [-0.2, 0) is 20.9 Å². The molecule has 1 aliphatic heterocycles. The third-order valence-electron chi connectivity index (χ3n) is 5.95. The summed E-state index contributed by atoms with van der Waals surface area (Å²) in [6.45, 7) is 0.341. The number of hydrogen-bond acceptors (Lipinski definition) is 4. The van der Waals surface area contributed by atoms with Crippen LogP contribution < -0.4 is 10.1 Å². The first kappa shape index (κ1) is 21.9. The van der Waals surface area contributed by atoms with Gasteiger partial charge in [0.2, 0.25) is 5.91 Å². The van der Waals surface area contributed by atoms with E-state index in [-0.39, 0.29) is 42.1 Å². The quantitative estimate of drug-likeness (QED) is 0.699. The van der Waals surface area contributed by atoms with Gasteiger partial charge in [-0.2, -0.15) is 0 Å². The lowest BCUT2D eigenvalue weighted by Crippen LogP contribution is -2.57. The van der Waals surface area contributed by atoms with E-state index in [2.05, 4.69) is 5.32 Å². The average molecular weight is 438 g/mol. The summed E-state index contributed by atoms with van der Waals surface area (Å²) in [5.41, 5.74) is 1.62. The number of fused-ring (bicyclic) bond motifs is 1. The Morgan fingerprint density at radius 3 is 2.59 bits per heavy atom. The molecule has 2 atom stereocenters. The Hall–Kier alpha value is -3.35. The van der Waals surface area contributed by atoms with Gasteiger partial charge in [-0.25, -0.2) is 4.39 Å². The molecule has 2 unspecified atom stereocenters. The van der Waals surface area contributed by atoms with Crippen LogP contribution >= 0.6 is 0 Å². The van der Waals surface area contributed by atoms with E-state index in [1.165, 1.54) is 12.1 Å². The van der Waals surface area contributed by atoms with Crippen molar-refractivity contribution >= 4 is 17.9 Å². The van der Waals surface area contributed by atoms with Crippen LogP contribution in [0.2, 0.25) is 0 Å². The molecule has 1 aliphatic carbocycles. The molecule has 7 heteroatoms. The van der Waals surface area contributed by atoms with E-state index < -0.39 is 0 Å². The van der Waals surface area contributed by atoms with Crippen LogP contribution in [0.3, 0.4) is 0 Å². The Bertz CT molecular complexity index is 988. The number of methoxy groups -OCH3 is 1. The number of rotatable bonds is 6. The molecule has 32 heavy (non-hydrogen) atoms. The molecule has 2 fully saturated rings. The minimum atomic E-state index is -0.342. The third-order valence-corrected chi connectivity index (χ3v) is 5.95. The maximum absolute atomic E-state index is 13.2. The van der Waals surface area contributed by atoms with Gasteiger partial charge in [0.15, 0.2) is 5.76 Å². The van der Waals surface area contributed by atoms with Crippen LogP contribution in [0.1, 0.15) is 36.8 Å². The second-order valence-electron chi connectivity index (χ2n) is 8.13. The molecule has 1 N–H and O–H groups in total. The van der Waals surface area contributed by atoms with Gasteiger partial charge in [0.1, 0.15) is 24.2 Å². The van der Waals surface area contributed by atoms with Gasteiger partial charge in [-0.3, -0.25) is 9.59 Å². The second kappa shape index (κ2) is 9.85. The fourth-order valence-corrected chi connectivity index (χ4v) is 4.23. The first-order valence-corrected chi connectivity index (χ1v) is 10.9. The van der Waals surface area contributed by atoms with Crippen LogP contribution in [0.4, 0.5) is 4.39 Å². The minimum absolute atomic E-state index is 0.0275. The Labute approximate surface area is 187 Å². The van der Waals surface area contributed by atoms with Crippen LogP contribution in [0, 0.1) is 5.82 Å². The maximum Gasteiger partial charge on any atom is 0.289 e. The number of nitrogens with zero attached hydrogens (tertiary/aromatic N) is 1. The predicted octanol–water partition coefficient (Wildman–Crippen LogP) is 3.66. The number of benzene rings is 2. The number of carbonyl (C=O) groups is 2. The molecule has 2 aromatic rings. The summed E-state index contributed by atoms with van der Waals surface area (Å²) >= 11 is 0. The fraction of sp³-hybridized carbons (Fsp3) is 0.360. The Balaban J connectivity index is 1.46. The van der Waals surface area contributed by atoms with Crippen molar-refractivity contribution in [3.05, 3.63) is 71.2 Å². The van der Waals surface area contributed by atoms with E-state index in [0.29, 0.717) is 12.1 Å². The largest absolute Gasteiger partial charge is 0.497 e. The lowest BCUT2D eigenvalue weighted by atomic mass is 9.89. The van der Waals surface area contributed by atoms with Crippen LogP contribution in [0.5, 0.6) is 5.75 Å². The number of morpholine rings is 1. The van der Waals surface area contributed by atoms with Crippen molar-refractivity contribution < 1.29 is 23.5 Å². The topological polar surface area (TPSA) is 67.9 Å². The lowest BCUT2D eigenvalue weighted by Gasteiger charge is -2.44. The molecule has 6 nitrogen and oxygen atoms in total. The number of halogens is 1. The van der Waals surface area contributed by atoms with E-state index in [1.54, 1.807) is 30.2 Å². The highest BCUT2D eigenvalue weighted by Crippen LogP contribution is 2.33. The molecule has 0 spiro atoms. The molecule has 1 heterocycles. The van der Waals surface area contributed by atoms with Gasteiger partial charge < -0.3 is 19.7 Å². The number of ether oxygens (including phenoxy) is 2. The Kier molecular flexibility index (Phi) is 6.73. The van der Waals surface area contributed by atoms with Crippen molar-refractivity contribution in [2.75, 3.05) is 13.7 Å². The van der Waals surface area contributed by atoms with E-state index in [4.69, 9.17) is 9.47 Å². The molecular formula is C25H27FN2O4. The van der Waals surface area contributed by atoms with Crippen molar-refractivity contribution in [1.82, 2.24) is 10.2 Å². The Morgan fingerprint density at radius 2 is 1.88 bits per heavy atom. The summed E-state index contributed by atoms with van der Waals surface area (Å²) in [6, 6.07) is 13.2. The zero-order valence-electron chi connectivity index (χ0n) is 18.1. The molecular weight excluding hydrogens is 411 g/mol. The summed E-state index contributed by atoms with van der Waals surface area (Å²) in [6.07, 6.45) is 5.15. The van der Waals surface area contributed by atoms with E-state index in [0.717, 1.165) is 37.0 Å². The third kappa shape index (κ3) is 5.10. The predicted molar refractivity (Wildman–Crippen MR) is 118 cm³/mol. The van der Waals surface area contributed by atoms with Gasteiger partial charge >= 0.3 is 0 Å². The van der Waals surface area contributed by atoms with Gasteiger partial charge in [-0.05, 0) is 60.7 Å². The monoisotopic (exact) mass is 438 g/mol. The zero-order chi connectivity index (χ0) is 22.5. The number of amides is 2. The van der Waals surface area contributed by atoms with Gasteiger partial charge in [0.25, 0.3) is 5.91 Å². The van der Waals surface area contributed by atoms with Crippen LogP contribution in [0.25, 0.3) is 6.08 Å². The number of nitrogens with one attached hydrogen (secondary N) is 1. The molecule has 2 aliphatic rings. The van der Waals surface area contributed by atoms with Crippen LogP contribution in [-0.4, -0.2) is 42.5 Å². The van der Waals surface area contributed by atoms with Gasteiger partial charge in [-0.1, -0.05) is 30.7 Å². The normalized spacial score (nSPS) is 21.6. The van der Waals surface area contributed by atoms with Gasteiger partial charge in [0, 0.05) is 6.54 Å². The van der Waals surface area contributed by atoms with Gasteiger partial charge in [-0.15, -0.1) is 0 Å². The molecule has 0 bridgehead atoms. The number of carbonyl (C=O) groups excluding carboxylic acids is 2. The van der Waals surface area contributed by atoms with Crippen molar-refractivity contribution in [2.24, 2.45) is 0 Å². The SMILES string of the molecule is COc1ccc(CNC(=O)CN2C(=O)/C(=C\c3ccc(F)cc3)OC3CCCCC32)cc1. The highest BCUT2D eigenvalue weighted by Gasteiger charge is 2.42. The van der Waals surface area contributed by atoms with Crippen molar-refractivity contribution in [2.45, 2.75) is 44.4 Å². The summed E-state index contributed by atoms with van der Waals surface area (Å²) in [5.74, 6) is 0.0784. The van der Waals surface area contributed by atoms with Crippen LogP contribution in [0.15, 0.2) is 54.3 Å². The van der Waals surface area contributed by atoms with E-state index in [1.807, 2.05) is 24.3 Å². The summed E-state index contributed by atoms with van der Waals surface area (Å²) in [4.78, 5) is 27.5. The summed E-state index contributed by atoms with van der Waals surface area (Å²) in [5, 5.41) is 2.89. The minimum Gasteiger partial charge on any atom is -0.497 e. The second-order valence-corrected chi connectivity index (χ2v) is 8.13. The molecule has 2 amide bonds. The van der Waals surface area contributed by atoms with Crippen molar-refractivity contribution in [1.29, 1.82) is 0 Å². The summed E-state index contributed by atoms with van der Waals surface area (Å²) < 4.78 is 24.4. The fourth-order valence-electron chi connectivity index (χ4n) is 4.23. The molecule has 1 saturated heterocycles. The lowest BCUT2D eigenvalue weighted by molar-refractivity contribution is -0.151. The molecule has 2 aromatic carbocycles. The summed E-state index contributed by atoms with van der Waals surface area (Å²) in [7, 11) is 1.60. The number of hydrogen-bond donors (Lipinski definition) is 1. The Morgan fingerprint density at radius 1 is 1.16 bits per heavy atom. The first-order chi connectivity index (χ1) is 15.5. The molecule has 0 aromatic heterocycles. The zero-order valence-corrected chi connectivity index (χ0v) is 18.1. The molecule has 168 valence electrons. The van der Waals surface area contributed by atoms with E-state index in [9.17, 15) is 14.0 Å². The van der Waals surface area contributed by atoms with Crippen molar-refractivity contribution in [3.63, 3.8) is 0 Å². The van der Waals surface area contributed by atoms with Crippen molar-refractivity contribution in [3.8, 4) is 5.75 Å².